The topological polar surface area (TPSA) is 93.1 Å². The lowest BCUT2D eigenvalue weighted by Gasteiger charge is -2.28. The van der Waals surface area contributed by atoms with Gasteiger partial charge in [0.15, 0.2) is 0 Å². The van der Waals surface area contributed by atoms with Crippen LogP contribution >= 0.6 is 0 Å². The summed E-state index contributed by atoms with van der Waals surface area (Å²) in [6.45, 7) is 2.32. The van der Waals surface area contributed by atoms with Gasteiger partial charge in [-0.15, -0.1) is 0 Å². The van der Waals surface area contributed by atoms with E-state index in [0.29, 0.717) is 54.6 Å². The molecule has 0 heterocycles. The maximum Gasteiger partial charge on any atom is 0.306 e. The van der Waals surface area contributed by atoms with E-state index in [1.54, 1.807) is 24.3 Å². The Morgan fingerprint density at radius 3 is 1.41 bits per heavy atom. The molecule has 6 nitrogen and oxygen atoms in total. The first-order chi connectivity index (χ1) is 17.9. The molecule has 2 aromatic rings. The van der Waals surface area contributed by atoms with Crippen LogP contribution in [-0.4, -0.2) is 35.9 Å². The van der Waals surface area contributed by atoms with Gasteiger partial charge in [0.2, 0.25) is 0 Å². The van der Waals surface area contributed by atoms with Crippen LogP contribution in [0.1, 0.15) is 94.1 Å². The van der Waals surface area contributed by atoms with Crippen LogP contribution in [0.25, 0.3) is 0 Å². The number of ether oxygens (including phenoxy) is 2. The van der Waals surface area contributed by atoms with E-state index in [9.17, 15) is 19.8 Å². The zero-order valence-corrected chi connectivity index (χ0v) is 22.2. The van der Waals surface area contributed by atoms with Gasteiger partial charge in [0.1, 0.15) is 11.5 Å². The smallest absolute Gasteiger partial charge is 0.306 e. The number of rotatable bonds is 7. The van der Waals surface area contributed by atoms with E-state index in [0.717, 1.165) is 51.4 Å². The summed E-state index contributed by atoms with van der Waals surface area (Å²) in [5.74, 6) is 2.58. The van der Waals surface area contributed by atoms with E-state index < -0.39 is 0 Å². The van der Waals surface area contributed by atoms with Crippen molar-refractivity contribution in [2.24, 2.45) is 11.8 Å². The molecule has 2 N–H and O–H groups in total. The fraction of sp³-hybridized carbons (Fsp3) is 0.548. The molecule has 6 heteroatoms. The highest BCUT2D eigenvalue weighted by Gasteiger charge is 2.25. The zero-order valence-electron chi connectivity index (χ0n) is 22.2. The van der Waals surface area contributed by atoms with Gasteiger partial charge in [-0.05, 0) is 117 Å². The van der Waals surface area contributed by atoms with Crippen molar-refractivity contribution in [2.45, 2.75) is 83.0 Å². The molecule has 0 saturated heterocycles. The van der Waals surface area contributed by atoms with Crippen molar-refractivity contribution < 1.29 is 29.3 Å². The van der Waals surface area contributed by atoms with Crippen LogP contribution in [0.5, 0.6) is 11.5 Å². The van der Waals surface area contributed by atoms with Gasteiger partial charge >= 0.3 is 11.9 Å². The number of hydrogen-bond donors (Lipinski definition) is 2. The van der Waals surface area contributed by atoms with Crippen LogP contribution in [0.2, 0.25) is 0 Å². The summed E-state index contributed by atoms with van der Waals surface area (Å²) in [6.07, 6.45) is 9.94. The third kappa shape index (κ3) is 9.42. The summed E-state index contributed by atoms with van der Waals surface area (Å²) >= 11 is 0. The lowest BCUT2D eigenvalue weighted by molar-refractivity contribution is -0.144. The molecule has 0 bridgehead atoms. The molecule has 2 saturated carbocycles. The molecule has 0 aliphatic heterocycles. The van der Waals surface area contributed by atoms with E-state index >= 15 is 0 Å². The SMILES string of the molecule is CCOC(=O)CC1CCC(c2ccc(O)cc2)CC1.COC(=O)CC1CCC(c2ccc(O)cc2)CC1. The Balaban J connectivity index is 0.000000206. The van der Waals surface area contributed by atoms with E-state index in [2.05, 4.69) is 0 Å². The number of phenols is 2. The first-order valence-electron chi connectivity index (χ1n) is 13.7. The number of esters is 2. The molecule has 0 radical (unpaired) electrons. The van der Waals surface area contributed by atoms with Crippen LogP contribution in [0.3, 0.4) is 0 Å². The summed E-state index contributed by atoms with van der Waals surface area (Å²) in [4.78, 5) is 22.7. The molecular formula is C31H42O6. The van der Waals surface area contributed by atoms with E-state index in [1.165, 1.54) is 18.2 Å². The number of aromatic hydroxyl groups is 2. The second-order valence-electron chi connectivity index (χ2n) is 10.4. The Hall–Kier alpha value is -3.02. The lowest BCUT2D eigenvalue weighted by Crippen LogP contribution is -2.17. The number of methoxy groups -OCH3 is 1. The Morgan fingerprint density at radius 2 is 1.05 bits per heavy atom. The predicted molar refractivity (Wildman–Crippen MR) is 143 cm³/mol. The minimum absolute atomic E-state index is 0.0596. The number of phenolic OH excluding ortho intramolecular Hbond substituents is 2. The Morgan fingerprint density at radius 1 is 0.676 bits per heavy atom. The average molecular weight is 511 g/mol. The van der Waals surface area contributed by atoms with Crippen molar-refractivity contribution in [3.05, 3.63) is 59.7 Å². The first kappa shape index (κ1) is 28.5. The van der Waals surface area contributed by atoms with Crippen LogP contribution < -0.4 is 0 Å². The summed E-state index contributed by atoms with van der Waals surface area (Å²) in [5.41, 5.74) is 2.59. The molecule has 0 aromatic heterocycles. The zero-order chi connectivity index (χ0) is 26.6. The minimum Gasteiger partial charge on any atom is -0.508 e. The third-order valence-electron chi connectivity index (χ3n) is 7.87. The Kier molecular flexibility index (Phi) is 11.3. The van der Waals surface area contributed by atoms with Gasteiger partial charge in [0.05, 0.1) is 13.7 Å². The highest BCUT2D eigenvalue weighted by Crippen LogP contribution is 2.38. The summed E-state index contributed by atoms with van der Waals surface area (Å²) in [6, 6.07) is 15.0. The molecule has 4 rings (SSSR count). The molecule has 2 fully saturated rings. The Bertz CT molecular complexity index is 952. The molecule has 2 aliphatic rings. The van der Waals surface area contributed by atoms with Gasteiger partial charge in [0.25, 0.3) is 0 Å². The van der Waals surface area contributed by atoms with Gasteiger partial charge in [0, 0.05) is 12.8 Å². The number of hydrogen-bond acceptors (Lipinski definition) is 6. The molecule has 0 amide bonds. The molecule has 0 unspecified atom stereocenters. The van der Waals surface area contributed by atoms with Crippen molar-refractivity contribution in [2.75, 3.05) is 13.7 Å². The van der Waals surface area contributed by atoms with Gasteiger partial charge in [-0.3, -0.25) is 9.59 Å². The van der Waals surface area contributed by atoms with Crippen molar-refractivity contribution >= 4 is 11.9 Å². The van der Waals surface area contributed by atoms with Crippen LogP contribution in [0.15, 0.2) is 48.5 Å². The summed E-state index contributed by atoms with van der Waals surface area (Å²) in [5, 5.41) is 18.6. The standard InChI is InChI=1S/C16H22O3.C15H20O3/c1-2-19-16(18)11-12-3-5-13(6-4-12)14-7-9-15(17)10-8-14;1-18-15(17)10-11-2-4-12(5-3-11)13-6-8-14(16)9-7-13/h7-10,12-13,17H,2-6,11H2,1H3;6-9,11-12,16H,2-5,10H2,1H3. The van der Waals surface area contributed by atoms with Crippen LogP contribution in [-0.2, 0) is 19.1 Å². The maximum absolute atomic E-state index is 11.5. The normalized spacial score (nSPS) is 23.3. The third-order valence-corrected chi connectivity index (χ3v) is 7.87. The minimum atomic E-state index is -0.0944. The van der Waals surface area contributed by atoms with Crippen molar-refractivity contribution in [1.82, 2.24) is 0 Å². The number of benzene rings is 2. The molecular weight excluding hydrogens is 468 g/mol. The highest BCUT2D eigenvalue weighted by molar-refractivity contribution is 5.69. The van der Waals surface area contributed by atoms with Crippen molar-refractivity contribution in [3.63, 3.8) is 0 Å². The Labute approximate surface area is 221 Å². The van der Waals surface area contributed by atoms with Gasteiger partial charge in [-0.2, -0.15) is 0 Å². The predicted octanol–water partition coefficient (Wildman–Crippen LogP) is 6.85. The molecule has 2 aromatic carbocycles. The average Bonchev–Trinajstić information content (AvgIpc) is 2.91. The molecule has 0 spiro atoms. The quantitative estimate of drug-likeness (QED) is 0.396. The monoisotopic (exact) mass is 510 g/mol. The largest absolute Gasteiger partial charge is 0.508 e. The number of carbonyl (C=O) groups excluding carboxylic acids is 2. The first-order valence-corrected chi connectivity index (χ1v) is 13.7. The fourth-order valence-electron chi connectivity index (χ4n) is 5.67. The lowest BCUT2D eigenvalue weighted by atomic mass is 9.77. The molecule has 0 atom stereocenters. The van der Waals surface area contributed by atoms with Crippen molar-refractivity contribution in [3.8, 4) is 11.5 Å². The van der Waals surface area contributed by atoms with E-state index in [4.69, 9.17) is 9.47 Å². The number of carbonyl (C=O) groups is 2. The van der Waals surface area contributed by atoms with E-state index in [-0.39, 0.29) is 11.9 Å². The van der Waals surface area contributed by atoms with Gasteiger partial charge in [-0.1, -0.05) is 24.3 Å². The van der Waals surface area contributed by atoms with Gasteiger partial charge in [-0.25, -0.2) is 0 Å². The summed E-state index contributed by atoms with van der Waals surface area (Å²) < 4.78 is 9.71. The summed E-state index contributed by atoms with van der Waals surface area (Å²) in [7, 11) is 1.45. The van der Waals surface area contributed by atoms with Gasteiger partial charge < -0.3 is 19.7 Å². The fourth-order valence-corrected chi connectivity index (χ4v) is 5.67. The second-order valence-corrected chi connectivity index (χ2v) is 10.4. The molecule has 202 valence electrons. The van der Waals surface area contributed by atoms with E-state index in [1.807, 2.05) is 31.2 Å². The molecule has 2 aliphatic carbocycles. The molecule has 37 heavy (non-hydrogen) atoms. The van der Waals surface area contributed by atoms with Crippen LogP contribution in [0.4, 0.5) is 0 Å². The van der Waals surface area contributed by atoms with Crippen molar-refractivity contribution in [1.29, 1.82) is 0 Å². The highest BCUT2D eigenvalue weighted by atomic mass is 16.5. The maximum atomic E-state index is 11.5. The second kappa shape index (κ2) is 14.7. The van der Waals surface area contributed by atoms with Crippen LogP contribution in [0, 0.1) is 11.8 Å².